The molecule has 3 amide bonds. The number of benzene rings is 2. The SMILES string of the molecule is CCCN(CCC)C(=O)c1cccc(C(=O)N[C@@H](Cc2ccc(Cl)cc2)[C@@H](N)C[C@@H](C)C(=O)NCC2CC2)c1. The lowest BCUT2D eigenvalue weighted by molar-refractivity contribution is -0.124. The van der Waals surface area contributed by atoms with E-state index in [1.165, 1.54) is 12.8 Å². The molecule has 1 aliphatic carbocycles. The standard InChI is InChI=1S/C31H43ClN4O3/c1-4-15-36(16-5-2)31(39)25-8-6-7-24(19-25)30(38)35-28(18-22-11-13-26(32)14-12-22)27(33)17-21(3)29(37)34-20-23-9-10-23/h6-8,11-14,19,21,23,27-28H,4-5,9-10,15-18,20,33H2,1-3H3,(H,34,37)(H,35,38)/t21-,27+,28+/m1/s1. The fourth-order valence-corrected chi connectivity index (χ4v) is 4.81. The highest BCUT2D eigenvalue weighted by atomic mass is 35.5. The van der Waals surface area contributed by atoms with Crippen LogP contribution in [0.2, 0.25) is 5.02 Å². The van der Waals surface area contributed by atoms with Crippen molar-refractivity contribution in [2.45, 2.75) is 71.4 Å². The summed E-state index contributed by atoms with van der Waals surface area (Å²) in [5, 5.41) is 6.75. The zero-order valence-electron chi connectivity index (χ0n) is 23.4. The molecule has 2 aromatic rings. The van der Waals surface area contributed by atoms with Gasteiger partial charge in [0.1, 0.15) is 0 Å². The third-order valence-electron chi connectivity index (χ3n) is 7.18. The van der Waals surface area contributed by atoms with Crippen LogP contribution in [0.25, 0.3) is 0 Å². The molecule has 0 aromatic heterocycles. The summed E-state index contributed by atoms with van der Waals surface area (Å²) in [6.45, 7) is 8.02. The Kier molecular flexibility index (Phi) is 11.8. The van der Waals surface area contributed by atoms with E-state index in [4.69, 9.17) is 17.3 Å². The van der Waals surface area contributed by atoms with Crippen LogP contribution >= 0.6 is 11.6 Å². The van der Waals surface area contributed by atoms with Gasteiger partial charge in [-0.15, -0.1) is 0 Å². The molecule has 1 aliphatic rings. The van der Waals surface area contributed by atoms with E-state index in [1.807, 2.05) is 49.9 Å². The molecular formula is C31H43ClN4O3. The van der Waals surface area contributed by atoms with Crippen molar-refractivity contribution in [3.05, 3.63) is 70.2 Å². The van der Waals surface area contributed by atoms with Crippen molar-refractivity contribution >= 4 is 29.3 Å². The second-order valence-corrected chi connectivity index (χ2v) is 11.2. The van der Waals surface area contributed by atoms with Gasteiger partial charge in [0, 0.05) is 53.8 Å². The van der Waals surface area contributed by atoms with Crippen molar-refractivity contribution < 1.29 is 14.4 Å². The number of halogens is 1. The first-order valence-corrected chi connectivity index (χ1v) is 14.6. The van der Waals surface area contributed by atoms with Crippen LogP contribution in [0, 0.1) is 11.8 Å². The van der Waals surface area contributed by atoms with Crippen LogP contribution in [0.5, 0.6) is 0 Å². The Labute approximate surface area is 237 Å². The maximum atomic E-state index is 13.4. The van der Waals surface area contributed by atoms with Gasteiger partial charge in [-0.3, -0.25) is 14.4 Å². The molecule has 3 rings (SSSR count). The minimum absolute atomic E-state index is 0.0103. The first-order valence-electron chi connectivity index (χ1n) is 14.2. The third kappa shape index (κ3) is 9.66. The van der Waals surface area contributed by atoms with Gasteiger partial charge in [0.05, 0.1) is 0 Å². The predicted molar refractivity (Wildman–Crippen MR) is 157 cm³/mol. The number of nitrogens with one attached hydrogen (secondary N) is 2. The number of carbonyl (C=O) groups excluding carboxylic acids is 3. The van der Waals surface area contributed by atoms with E-state index in [1.54, 1.807) is 24.3 Å². The van der Waals surface area contributed by atoms with Crippen LogP contribution in [0.1, 0.15) is 79.2 Å². The van der Waals surface area contributed by atoms with Crippen molar-refractivity contribution in [3.63, 3.8) is 0 Å². The Morgan fingerprint density at radius 2 is 1.67 bits per heavy atom. The van der Waals surface area contributed by atoms with Crippen molar-refractivity contribution in [2.24, 2.45) is 17.6 Å². The summed E-state index contributed by atoms with van der Waals surface area (Å²) in [6.07, 6.45) is 4.99. The summed E-state index contributed by atoms with van der Waals surface area (Å²) in [4.78, 5) is 41.0. The monoisotopic (exact) mass is 554 g/mol. The zero-order valence-corrected chi connectivity index (χ0v) is 24.2. The Morgan fingerprint density at radius 3 is 2.28 bits per heavy atom. The largest absolute Gasteiger partial charge is 0.356 e. The Hall–Kier alpha value is -2.90. The molecule has 0 aliphatic heterocycles. The number of carbonyl (C=O) groups is 3. The van der Waals surface area contributed by atoms with Gasteiger partial charge in [0.15, 0.2) is 0 Å². The van der Waals surface area contributed by atoms with Crippen LogP contribution in [0.4, 0.5) is 0 Å². The average Bonchev–Trinajstić information content (AvgIpc) is 3.76. The number of amides is 3. The van der Waals surface area contributed by atoms with Crippen LogP contribution in [-0.4, -0.2) is 54.3 Å². The van der Waals surface area contributed by atoms with E-state index in [0.29, 0.717) is 54.5 Å². The molecule has 212 valence electrons. The number of rotatable bonds is 15. The molecule has 1 saturated carbocycles. The smallest absolute Gasteiger partial charge is 0.253 e. The van der Waals surface area contributed by atoms with Crippen molar-refractivity contribution in [1.29, 1.82) is 0 Å². The maximum absolute atomic E-state index is 13.4. The molecule has 0 heterocycles. The molecule has 0 spiro atoms. The van der Waals surface area contributed by atoms with Crippen LogP contribution in [0.3, 0.4) is 0 Å². The first-order chi connectivity index (χ1) is 18.7. The summed E-state index contributed by atoms with van der Waals surface area (Å²) in [5.74, 6) is -0.0713. The van der Waals surface area contributed by atoms with E-state index in [-0.39, 0.29) is 23.6 Å². The molecule has 0 bridgehead atoms. The number of hydrogen-bond donors (Lipinski definition) is 3. The lowest BCUT2D eigenvalue weighted by atomic mass is 9.92. The summed E-state index contributed by atoms with van der Waals surface area (Å²) >= 11 is 6.07. The topological polar surface area (TPSA) is 105 Å². The summed E-state index contributed by atoms with van der Waals surface area (Å²) < 4.78 is 0. The predicted octanol–water partition coefficient (Wildman–Crippen LogP) is 4.82. The Bertz CT molecular complexity index is 1100. The highest BCUT2D eigenvalue weighted by Gasteiger charge is 2.27. The van der Waals surface area contributed by atoms with E-state index in [9.17, 15) is 14.4 Å². The van der Waals surface area contributed by atoms with Gasteiger partial charge in [-0.05, 0) is 80.3 Å². The molecule has 1 fully saturated rings. The molecule has 7 nitrogen and oxygen atoms in total. The fraction of sp³-hybridized carbons (Fsp3) is 0.516. The van der Waals surface area contributed by atoms with Gasteiger partial charge in [-0.1, -0.05) is 50.6 Å². The van der Waals surface area contributed by atoms with Crippen molar-refractivity contribution in [2.75, 3.05) is 19.6 Å². The average molecular weight is 555 g/mol. The van der Waals surface area contributed by atoms with E-state index in [0.717, 1.165) is 18.4 Å². The summed E-state index contributed by atoms with van der Waals surface area (Å²) in [5.41, 5.74) is 8.50. The lowest BCUT2D eigenvalue weighted by Crippen LogP contribution is -2.50. The summed E-state index contributed by atoms with van der Waals surface area (Å²) in [7, 11) is 0. The molecule has 0 unspecified atom stereocenters. The fourth-order valence-electron chi connectivity index (χ4n) is 4.69. The lowest BCUT2D eigenvalue weighted by Gasteiger charge is -2.27. The molecule has 4 N–H and O–H groups in total. The van der Waals surface area contributed by atoms with Gasteiger partial charge < -0.3 is 21.3 Å². The second kappa shape index (κ2) is 15.0. The number of hydrogen-bond acceptors (Lipinski definition) is 4. The first kappa shape index (κ1) is 30.6. The number of nitrogens with two attached hydrogens (primary N) is 1. The number of nitrogens with zero attached hydrogens (tertiary/aromatic N) is 1. The Balaban J connectivity index is 1.73. The van der Waals surface area contributed by atoms with Gasteiger partial charge in [-0.2, -0.15) is 0 Å². The molecule has 3 atom stereocenters. The van der Waals surface area contributed by atoms with E-state index in [2.05, 4.69) is 10.6 Å². The molecular weight excluding hydrogens is 512 g/mol. The third-order valence-corrected chi connectivity index (χ3v) is 7.44. The van der Waals surface area contributed by atoms with E-state index >= 15 is 0 Å². The van der Waals surface area contributed by atoms with Gasteiger partial charge in [0.25, 0.3) is 11.8 Å². The van der Waals surface area contributed by atoms with E-state index < -0.39 is 12.1 Å². The summed E-state index contributed by atoms with van der Waals surface area (Å²) in [6, 6.07) is 13.4. The van der Waals surface area contributed by atoms with Crippen LogP contribution in [0.15, 0.2) is 48.5 Å². The minimum atomic E-state index is -0.458. The molecule has 8 heteroatoms. The highest BCUT2D eigenvalue weighted by Crippen LogP contribution is 2.27. The van der Waals surface area contributed by atoms with Gasteiger partial charge in [-0.25, -0.2) is 0 Å². The second-order valence-electron chi connectivity index (χ2n) is 10.8. The van der Waals surface area contributed by atoms with Crippen molar-refractivity contribution in [3.8, 4) is 0 Å². The van der Waals surface area contributed by atoms with Crippen LogP contribution in [-0.2, 0) is 11.2 Å². The normalized spacial score (nSPS) is 15.2. The molecule has 39 heavy (non-hydrogen) atoms. The quantitative estimate of drug-likeness (QED) is 0.293. The highest BCUT2D eigenvalue weighted by molar-refractivity contribution is 6.30. The molecule has 0 radical (unpaired) electrons. The van der Waals surface area contributed by atoms with Crippen LogP contribution < -0.4 is 16.4 Å². The Morgan fingerprint density at radius 1 is 1.03 bits per heavy atom. The van der Waals surface area contributed by atoms with Crippen molar-refractivity contribution in [1.82, 2.24) is 15.5 Å². The van der Waals surface area contributed by atoms with Gasteiger partial charge >= 0.3 is 0 Å². The zero-order chi connectivity index (χ0) is 28.4. The molecule has 2 aromatic carbocycles. The minimum Gasteiger partial charge on any atom is -0.356 e. The maximum Gasteiger partial charge on any atom is 0.253 e. The molecule has 0 saturated heterocycles. The van der Waals surface area contributed by atoms with Gasteiger partial charge in [0.2, 0.25) is 5.91 Å².